The summed E-state index contributed by atoms with van der Waals surface area (Å²) in [6.07, 6.45) is 7.02. The molecule has 2 nitrogen and oxygen atoms in total. The van der Waals surface area contributed by atoms with Gasteiger partial charge in [0.2, 0.25) is 5.91 Å². The molecule has 1 saturated carbocycles. The van der Waals surface area contributed by atoms with E-state index in [1.807, 2.05) is 13.8 Å². The summed E-state index contributed by atoms with van der Waals surface area (Å²) in [6, 6.07) is 0.431. The van der Waals surface area contributed by atoms with Gasteiger partial charge in [0, 0.05) is 23.9 Å². The Morgan fingerprint density at radius 1 is 1.29 bits per heavy atom. The number of nitrogens with zero attached hydrogens (tertiary/aromatic N) is 1. The molecule has 0 unspecified atom stereocenters. The molecule has 0 N–H and O–H groups in total. The Morgan fingerprint density at radius 2 is 1.88 bits per heavy atom. The molecule has 0 aromatic carbocycles. The van der Waals surface area contributed by atoms with Crippen LogP contribution in [-0.4, -0.2) is 29.3 Å². The van der Waals surface area contributed by atoms with E-state index >= 15 is 0 Å². The van der Waals surface area contributed by atoms with Crippen LogP contribution >= 0.6 is 11.6 Å². The lowest BCUT2D eigenvalue weighted by Crippen LogP contribution is -2.48. The molecular formula is C14H26ClNO. The number of hydrogen-bond donors (Lipinski definition) is 0. The van der Waals surface area contributed by atoms with Crippen molar-refractivity contribution in [1.29, 1.82) is 0 Å². The van der Waals surface area contributed by atoms with Crippen molar-refractivity contribution in [1.82, 2.24) is 4.90 Å². The highest BCUT2D eigenvalue weighted by molar-refractivity contribution is 6.18. The summed E-state index contributed by atoms with van der Waals surface area (Å²) in [6.45, 7) is 6.87. The third-order valence-electron chi connectivity index (χ3n) is 4.06. The van der Waals surface area contributed by atoms with Gasteiger partial charge in [-0.15, -0.1) is 11.6 Å². The molecule has 100 valence electrons. The molecule has 1 amide bonds. The second-order valence-corrected chi connectivity index (χ2v) is 6.09. The van der Waals surface area contributed by atoms with Gasteiger partial charge in [0.1, 0.15) is 0 Å². The fourth-order valence-electron chi connectivity index (χ4n) is 2.47. The Bertz CT molecular complexity index is 247. The molecule has 1 fully saturated rings. The van der Waals surface area contributed by atoms with E-state index in [1.165, 1.54) is 19.3 Å². The van der Waals surface area contributed by atoms with E-state index in [0.29, 0.717) is 18.5 Å². The van der Waals surface area contributed by atoms with E-state index < -0.39 is 0 Å². The first-order chi connectivity index (χ1) is 8.03. The van der Waals surface area contributed by atoms with Crippen molar-refractivity contribution in [2.45, 2.75) is 65.3 Å². The van der Waals surface area contributed by atoms with Crippen LogP contribution in [0.15, 0.2) is 0 Å². The topological polar surface area (TPSA) is 20.3 Å². The lowest BCUT2D eigenvalue weighted by molar-refractivity contribution is -0.143. The zero-order valence-electron chi connectivity index (χ0n) is 11.5. The van der Waals surface area contributed by atoms with Crippen LogP contribution in [0.3, 0.4) is 0 Å². The first kappa shape index (κ1) is 14.8. The van der Waals surface area contributed by atoms with Crippen LogP contribution < -0.4 is 0 Å². The van der Waals surface area contributed by atoms with Gasteiger partial charge in [0.25, 0.3) is 0 Å². The molecule has 0 saturated heterocycles. The first-order valence-corrected chi connectivity index (χ1v) is 7.43. The SMILES string of the molecule is CCC(C)(C)C(=O)N(CCCl)C1CCCCC1. The maximum Gasteiger partial charge on any atom is 0.228 e. The molecule has 0 aromatic rings. The monoisotopic (exact) mass is 259 g/mol. The van der Waals surface area contributed by atoms with Gasteiger partial charge in [-0.25, -0.2) is 0 Å². The highest BCUT2D eigenvalue weighted by Crippen LogP contribution is 2.29. The van der Waals surface area contributed by atoms with E-state index in [1.54, 1.807) is 0 Å². The van der Waals surface area contributed by atoms with Crippen molar-refractivity contribution in [3.05, 3.63) is 0 Å². The minimum atomic E-state index is -0.247. The fourth-order valence-corrected chi connectivity index (χ4v) is 2.66. The third kappa shape index (κ3) is 3.87. The smallest absolute Gasteiger partial charge is 0.228 e. The number of amides is 1. The van der Waals surface area contributed by atoms with Crippen LogP contribution in [0.25, 0.3) is 0 Å². The number of halogens is 1. The summed E-state index contributed by atoms with van der Waals surface area (Å²) in [5.74, 6) is 0.828. The van der Waals surface area contributed by atoms with Crippen LogP contribution in [0, 0.1) is 5.41 Å². The number of hydrogen-bond acceptors (Lipinski definition) is 1. The molecule has 1 aliphatic carbocycles. The highest BCUT2D eigenvalue weighted by Gasteiger charge is 2.34. The van der Waals surface area contributed by atoms with E-state index in [4.69, 9.17) is 11.6 Å². The van der Waals surface area contributed by atoms with Gasteiger partial charge in [-0.2, -0.15) is 0 Å². The quantitative estimate of drug-likeness (QED) is 0.688. The largest absolute Gasteiger partial charge is 0.338 e. The lowest BCUT2D eigenvalue weighted by atomic mass is 9.86. The molecule has 0 spiro atoms. The van der Waals surface area contributed by atoms with Crippen molar-refractivity contribution in [2.75, 3.05) is 12.4 Å². The van der Waals surface area contributed by atoms with Gasteiger partial charge in [-0.3, -0.25) is 4.79 Å². The average Bonchev–Trinajstić information content (AvgIpc) is 2.36. The van der Waals surface area contributed by atoms with Crippen LogP contribution in [0.4, 0.5) is 0 Å². The lowest BCUT2D eigenvalue weighted by Gasteiger charge is -2.38. The number of rotatable bonds is 5. The van der Waals surface area contributed by atoms with E-state index in [2.05, 4.69) is 11.8 Å². The van der Waals surface area contributed by atoms with Gasteiger partial charge < -0.3 is 4.90 Å². The van der Waals surface area contributed by atoms with Crippen LogP contribution in [0.5, 0.6) is 0 Å². The second-order valence-electron chi connectivity index (χ2n) is 5.72. The molecule has 17 heavy (non-hydrogen) atoms. The van der Waals surface area contributed by atoms with E-state index in [0.717, 1.165) is 19.3 Å². The van der Waals surface area contributed by atoms with Crippen LogP contribution in [-0.2, 0) is 4.79 Å². The second kappa shape index (κ2) is 6.63. The zero-order valence-corrected chi connectivity index (χ0v) is 12.2. The molecular weight excluding hydrogens is 234 g/mol. The molecule has 1 rings (SSSR count). The molecule has 0 bridgehead atoms. The van der Waals surface area contributed by atoms with Gasteiger partial charge in [0.15, 0.2) is 0 Å². The highest BCUT2D eigenvalue weighted by atomic mass is 35.5. The fraction of sp³-hybridized carbons (Fsp3) is 0.929. The zero-order chi connectivity index (χ0) is 12.9. The van der Waals surface area contributed by atoms with Crippen molar-refractivity contribution in [3.8, 4) is 0 Å². The van der Waals surface area contributed by atoms with Crippen LogP contribution in [0.2, 0.25) is 0 Å². The standard InChI is InChI=1S/C14H26ClNO/c1-4-14(2,3)13(17)16(11-10-15)12-8-6-5-7-9-12/h12H,4-11H2,1-3H3. The van der Waals surface area contributed by atoms with Gasteiger partial charge in [-0.1, -0.05) is 40.0 Å². The summed E-state index contributed by atoms with van der Waals surface area (Å²) in [4.78, 5) is 14.6. The Balaban J connectivity index is 2.73. The predicted molar refractivity (Wildman–Crippen MR) is 73.4 cm³/mol. The van der Waals surface area contributed by atoms with Gasteiger partial charge >= 0.3 is 0 Å². The normalized spacial score (nSPS) is 18.1. The summed E-state index contributed by atoms with van der Waals surface area (Å²) in [5.41, 5.74) is -0.247. The van der Waals surface area contributed by atoms with Crippen LogP contribution in [0.1, 0.15) is 59.3 Å². The van der Waals surface area contributed by atoms with Gasteiger partial charge in [-0.05, 0) is 19.3 Å². The number of carbonyl (C=O) groups is 1. The summed E-state index contributed by atoms with van der Waals surface area (Å²) >= 11 is 5.86. The molecule has 0 atom stereocenters. The van der Waals surface area contributed by atoms with Gasteiger partial charge in [0.05, 0.1) is 0 Å². The molecule has 0 aromatic heterocycles. The summed E-state index contributed by atoms with van der Waals surface area (Å²) in [7, 11) is 0. The van der Waals surface area contributed by atoms with Crippen molar-refractivity contribution < 1.29 is 4.79 Å². The maximum atomic E-state index is 12.6. The molecule has 0 heterocycles. The maximum absolute atomic E-state index is 12.6. The summed E-state index contributed by atoms with van der Waals surface area (Å²) in [5, 5.41) is 0. The average molecular weight is 260 g/mol. The number of alkyl halides is 1. The van der Waals surface area contributed by atoms with E-state index in [9.17, 15) is 4.79 Å². The molecule has 3 heteroatoms. The van der Waals surface area contributed by atoms with Crippen molar-refractivity contribution >= 4 is 17.5 Å². The first-order valence-electron chi connectivity index (χ1n) is 6.90. The van der Waals surface area contributed by atoms with Crippen molar-refractivity contribution in [3.63, 3.8) is 0 Å². The van der Waals surface area contributed by atoms with E-state index in [-0.39, 0.29) is 11.3 Å². The Morgan fingerprint density at radius 3 is 2.35 bits per heavy atom. The molecule has 1 aliphatic rings. The summed E-state index contributed by atoms with van der Waals surface area (Å²) < 4.78 is 0. The third-order valence-corrected chi connectivity index (χ3v) is 4.23. The van der Waals surface area contributed by atoms with Crippen molar-refractivity contribution in [2.24, 2.45) is 5.41 Å². The minimum absolute atomic E-state index is 0.247. The Labute approximate surface area is 111 Å². The molecule has 0 radical (unpaired) electrons. The Hall–Kier alpha value is -0.240. The predicted octanol–water partition coefficient (Wildman–Crippen LogP) is 3.82. The number of carbonyl (C=O) groups excluding carboxylic acids is 1. The Kier molecular flexibility index (Phi) is 5.78. The molecule has 0 aliphatic heterocycles. The minimum Gasteiger partial charge on any atom is -0.338 e.